The third-order valence-corrected chi connectivity index (χ3v) is 8.84. The quantitative estimate of drug-likeness (QED) is 0.200. The molecule has 4 aromatic rings. The van der Waals surface area contributed by atoms with Crippen LogP contribution >= 0.6 is 11.6 Å². The molecule has 216 valence electrons. The predicted octanol–water partition coefficient (Wildman–Crippen LogP) is 6.37. The van der Waals surface area contributed by atoms with Crippen molar-refractivity contribution in [3.8, 4) is 17.2 Å². The van der Waals surface area contributed by atoms with E-state index >= 15 is 0 Å². The first-order valence-corrected chi connectivity index (χ1v) is 14.7. The lowest BCUT2D eigenvalue weighted by Gasteiger charge is -2.36. The minimum atomic E-state index is -0.579. The highest BCUT2D eigenvalue weighted by atomic mass is 35.5. The fourth-order valence-corrected chi connectivity index (χ4v) is 6.57. The van der Waals surface area contributed by atoms with Crippen LogP contribution in [0.4, 0.5) is 14.9 Å². The zero-order valence-electron chi connectivity index (χ0n) is 23.6. The molecule has 0 saturated carbocycles. The Morgan fingerprint density at radius 3 is 2.67 bits per heavy atom. The molecule has 1 atom stereocenters. The summed E-state index contributed by atoms with van der Waals surface area (Å²) >= 11 is 6.09. The number of carbonyl (C=O) groups excluding carboxylic acids is 1. The number of nitrogens with one attached hydrogen (secondary N) is 2. The molecule has 9 heteroatoms. The first-order chi connectivity index (χ1) is 20.9. The molecule has 1 saturated heterocycles. The zero-order valence-corrected chi connectivity index (χ0v) is 24.3. The van der Waals surface area contributed by atoms with Crippen LogP contribution in [0.15, 0.2) is 85.3 Å². The van der Waals surface area contributed by atoms with Gasteiger partial charge in [0.1, 0.15) is 24.8 Å². The highest BCUT2D eigenvalue weighted by molar-refractivity contribution is 6.30. The van der Waals surface area contributed by atoms with Gasteiger partial charge in [-0.25, -0.2) is 14.3 Å². The van der Waals surface area contributed by atoms with E-state index in [1.54, 1.807) is 18.5 Å². The van der Waals surface area contributed by atoms with Gasteiger partial charge in [-0.2, -0.15) is 9.65 Å². The molecule has 4 heterocycles. The van der Waals surface area contributed by atoms with E-state index in [9.17, 15) is 14.4 Å². The van der Waals surface area contributed by atoms with E-state index in [0.717, 1.165) is 53.9 Å². The number of carbonyl (C=O) groups is 1. The molecule has 2 N–H and O–H groups in total. The molecule has 0 bridgehead atoms. The van der Waals surface area contributed by atoms with Gasteiger partial charge in [0, 0.05) is 47.4 Å². The summed E-state index contributed by atoms with van der Waals surface area (Å²) in [5, 5.41) is 16.7. The summed E-state index contributed by atoms with van der Waals surface area (Å²) < 4.78 is 13.9. The molecule has 2 aliphatic rings. The van der Waals surface area contributed by atoms with Gasteiger partial charge in [-0.3, -0.25) is 4.98 Å². The van der Waals surface area contributed by atoms with E-state index in [1.807, 2.05) is 48.6 Å². The first-order valence-electron chi connectivity index (χ1n) is 14.3. The van der Waals surface area contributed by atoms with Crippen LogP contribution in [0.5, 0.6) is 0 Å². The van der Waals surface area contributed by atoms with Crippen molar-refractivity contribution in [1.82, 2.24) is 25.1 Å². The Bertz CT molecular complexity index is 1730. The monoisotopic (exact) mass is 593 g/mol. The van der Waals surface area contributed by atoms with Gasteiger partial charge in [-0.05, 0) is 91.2 Å². The van der Waals surface area contributed by atoms with Crippen molar-refractivity contribution in [3.05, 3.63) is 119 Å². The van der Waals surface area contributed by atoms with Gasteiger partial charge >= 0.3 is 6.03 Å². The molecule has 2 aromatic heterocycles. The van der Waals surface area contributed by atoms with Gasteiger partial charge < -0.3 is 10.6 Å². The first kappa shape index (κ1) is 28.7. The SMILES string of the molecule is N#Cc1cncc(-c2ccc3c(c2)C2(CCNCC2)C[N+]3(C/C=C/c2ccc(Cl)cc2)C(=O)NCc2ccnc(F)c2)c1. The minimum absolute atomic E-state index is 0.0871. The molecule has 1 fully saturated rings. The van der Waals surface area contributed by atoms with Crippen molar-refractivity contribution >= 4 is 29.4 Å². The van der Waals surface area contributed by atoms with Crippen LogP contribution in [0, 0.1) is 17.3 Å². The number of nitriles is 1. The van der Waals surface area contributed by atoms with E-state index in [2.05, 4.69) is 38.8 Å². The number of rotatable bonds is 6. The fourth-order valence-electron chi connectivity index (χ4n) is 6.44. The number of quaternary nitrogens is 1. The summed E-state index contributed by atoms with van der Waals surface area (Å²) in [4.78, 5) is 22.3. The number of nitrogens with zero attached hydrogens (tertiary/aromatic N) is 4. The van der Waals surface area contributed by atoms with Crippen LogP contribution in [0.2, 0.25) is 5.02 Å². The second-order valence-corrected chi connectivity index (χ2v) is 11.7. The lowest BCUT2D eigenvalue weighted by atomic mass is 9.74. The Hall–Kier alpha value is -4.42. The van der Waals surface area contributed by atoms with E-state index < -0.39 is 5.95 Å². The maximum Gasteiger partial charge on any atom is 0.422 e. The third-order valence-electron chi connectivity index (χ3n) is 8.58. The van der Waals surface area contributed by atoms with Gasteiger partial charge in [-0.1, -0.05) is 29.8 Å². The molecule has 1 unspecified atom stereocenters. The van der Waals surface area contributed by atoms with Crippen molar-refractivity contribution in [2.75, 3.05) is 26.2 Å². The number of fused-ring (bicyclic) bond motifs is 2. The van der Waals surface area contributed by atoms with E-state index in [-0.39, 0.29) is 22.5 Å². The summed E-state index contributed by atoms with van der Waals surface area (Å²) in [6, 6.07) is 20.8. The number of halogens is 2. The summed E-state index contributed by atoms with van der Waals surface area (Å²) in [5.74, 6) is -0.579. The third kappa shape index (κ3) is 5.80. The van der Waals surface area contributed by atoms with Crippen LogP contribution in [0.1, 0.15) is 35.1 Å². The maximum atomic E-state index is 14.4. The molecule has 43 heavy (non-hydrogen) atoms. The summed E-state index contributed by atoms with van der Waals surface area (Å²) in [7, 11) is 0. The van der Waals surface area contributed by atoms with Crippen LogP contribution in [0.3, 0.4) is 0 Å². The molecule has 7 nitrogen and oxygen atoms in total. The minimum Gasteiger partial charge on any atom is -0.317 e. The van der Waals surface area contributed by atoms with Crippen LogP contribution in [-0.4, -0.2) is 42.2 Å². The van der Waals surface area contributed by atoms with Crippen LogP contribution < -0.4 is 15.1 Å². The average molecular weight is 594 g/mol. The van der Waals surface area contributed by atoms with Gasteiger partial charge in [0.2, 0.25) is 5.95 Å². The molecule has 0 radical (unpaired) electrons. The number of hydrogen-bond acceptors (Lipinski definition) is 5. The number of aromatic nitrogens is 2. The number of hydrogen-bond donors (Lipinski definition) is 2. The lowest BCUT2D eigenvalue weighted by Crippen LogP contribution is -2.60. The van der Waals surface area contributed by atoms with Gasteiger partial charge in [-0.15, -0.1) is 0 Å². The molecule has 6 rings (SSSR count). The Morgan fingerprint density at radius 1 is 1.09 bits per heavy atom. The topological polar surface area (TPSA) is 90.7 Å². The Balaban J connectivity index is 1.42. The van der Waals surface area contributed by atoms with Crippen LogP contribution in [0.25, 0.3) is 17.2 Å². The van der Waals surface area contributed by atoms with Crippen molar-refractivity contribution in [1.29, 1.82) is 5.26 Å². The average Bonchev–Trinajstić information content (AvgIpc) is 3.30. The molecular weight excluding hydrogens is 563 g/mol. The number of piperidine rings is 1. The molecule has 2 aromatic carbocycles. The molecule has 2 amide bonds. The smallest absolute Gasteiger partial charge is 0.317 e. The lowest BCUT2D eigenvalue weighted by molar-refractivity contribution is 0.189. The Labute approximate surface area is 255 Å². The molecule has 0 aliphatic carbocycles. The predicted molar refractivity (Wildman–Crippen MR) is 167 cm³/mol. The van der Waals surface area contributed by atoms with Crippen molar-refractivity contribution in [2.45, 2.75) is 24.8 Å². The van der Waals surface area contributed by atoms with Crippen molar-refractivity contribution in [2.24, 2.45) is 0 Å². The highest BCUT2D eigenvalue weighted by Crippen LogP contribution is 2.51. The second kappa shape index (κ2) is 12.1. The van der Waals surface area contributed by atoms with Gasteiger partial charge in [0.05, 0.1) is 11.0 Å². The Kier molecular flexibility index (Phi) is 8.04. The van der Waals surface area contributed by atoms with E-state index in [4.69, 9.17) is 11.6 Å². The fraction of sp³-hybridized carbons (Fsp3) is 0.235. The van der Waals surface area contributed by atoms with E-state index in [1.165, 1.54) is 12.3 Å². The Morgan fingerprint density at radius 2 is 1.91 bits per heavy atom. The second-order valence-electron chi connectivity index (χ2n) is 11.2. The molecular formula is C34H31ClFN6O+. The molecule has 2 aliphatic heterocycles. The molecule has 1 spiro atoms. The van der Waals surface area contributed by atoms with Crippen molar-refractivity contribution < 1.29 is 9.18 Å². The number of benzene rings is 2. The van der Waals surface area contributed by atoms with Crippen molar-refractivity contribution in [3.63, 3.8) is 0 Å². The van der Waals surface area contributed by atoms with Gasteiger partial charge in [0.25, 0.3) is 0 Å². The zero-order chi connectivity index (χ0) is 29.9. The van der Waals surface area contributed by atoms with Gasteiger partial charge in [0.15, 0.2) is 0 Å². The number of urea groups is 1. The summed E-state index contributed by atoms with van der Waals surface area (Å²) in [6.07, 6.45) is 10.6. The number of amides is 2. The van der Waals surface area contributed by atoms with E-state index in [0.29, 0.717) is 29.2 Å². The highest BCUT2D eigenvalue weighted by Gasteiger charge is 2.57. The normalized spacial score (nSPS) is 18.8. The van der Waals surface area contributed by atoms with Crippen LogP contribution in [-0.2, 0) is 12.0 Å². The number of pyridine rings is 2. The standard InChI is InChI=1S/C34H30ClFN6O/c35-29-6-3-24(4-7-29)2-1-15-42(33(43)41-21-25-9-12-40-32(36)17-25)23-34(10-13-38-14-11-34)30-18-27(5-8-31(30)42)28-16-26(19-37)20-39-22-28/h1-9,12,16-18,20,22,38H,10-11,13-15,21,23H2/p+1/b2-1+. The maximum absolute atomic E-state index is 14.4. The summed E-state index contributed by atoms with van der Waals surface area (Å²) in [6.45, 7) is 2.94. The summed E-state index contributed by atoms with van der Waals surface area (Å²) in [5.41, 5.74) is 5.85. The largest absolute Gasteiger partial charge is 0.422 e.